The molecule has 5 nitrogen and oxygen atoms in total. The summed E-state index contributed by atoms with van der Waals surface area (Å²) in [6, 6.07) is 11.1. The lowest BCUT2D eigenvalue weighted by atomic mass is 10.1. The van der Waals surface area contributed by atoms with Crippen LogP contribution < -0.4 is 11.0 Å². The van der Waals surface area contributed by atoms with Gasteiger partial charge in [0.1, 0.15) is 5.82 Å². The summed E-state index contributed by atoms with van der Waals surface area (Å²) in [5.74, 6) is -0.614. The molecule has 3 rings (SSSR count). The molecule has 3 aromatic rings. The third kappa shape index (κ3) is 2.76. The monoisotopic (exact) mass is 299 g/mol. The maximum atomic E-state index is 13.1. The topological polar surface area (TPSA) is 66.9 Å². The van der Waals surface area contributed by atoms with Crippen molar-refractivity contribution in [2.45, 2.75) is 6.42 Å². The van der Waals surface area contributed by atoms with E-state index in [9.17, 15) is 14.0 Å². The number of H-pyrrole nitrogens is 1. The van der Waals surface area contributed by atoms with E-state index < -0.39 is 0 Å². The average Bonchev–Trinajstić information content (AvgIpc) is 2.73. The first-order valence-electron chi connectivity index (χ1n) is 6.76. The van der Waals surface area contributed by atoms with Crippen molar-refractivity contribution in [3.63, 3.8) is 0 Å². The molecule has 6 heteroatoms. The van der Waals surface area contributed by atoms with Crippen LogP contribution in [0, 0.1) is 5.82 Å². The number of imidazole rings is 1. The van der Waals surface area contributed by atoms with Gasteiger partial charge in [-0.15, -0.1) is 0 Å². The lowest BCUT2D eigenvalue weighted by molar-refractivity contribution is -0.115. The SMILES string of the molecule is Cn1c(=O)[nH]c2cc(NC(=O)Cc3cccc(F)c3)ccc21. The fourth-order valence-electron chi connectivity index (χ4n) is 2.35. The second-order valence-electron chi connectivity index (χ2n) is 5.08. The number of carbonyl (C=O) groups is 1. The van der Waals surface area contributed by atoms with Gasteiger partial charge < -0.3 is 10.3 Å². The van der Waals surface area contributed by atoms with Crippen LogP contribution in [-0.2, 0) is 18.3 Å². The molecule has 22 heavy (non-hydrogen) atoms. The van der Waals surface area contributed by atoms with E-state index in [2.05, 4.69) is 10.3 Å². The van der Waals surface area contributed by atoms with Gasteiger partial charge in [-0.25, -0.2) is 9.18 Å². The van der Waals surface area contributed by atoms with Gasteiger partial charge in [0.15, 0.2) is 0 Å². The summed E-state index contributed by atoms with van der Waals surface area (Å²) < 4.78 is 14.6. The predicted molar refractivity (Wildman–Crippen MR) is 82.3 cm³/mol. The van der Waals surface area contributed by atoms with Crippen LogP contribution in [0.5, 0.6) is 0 Å². The molecule has 0 aliphatic rings. The Morgan fingerprint density at radius 1 is 1.27 bits per heavy atom. The summed E-state index contributed by atoms with van der Waals surface area (Å²) in [5, 5.41) is 2.74. The van der Waals surface area contributed by atoms with Crippen LogP contribution in [0.15, 0.2) is 47.3 Å². The molecule has 0 unspecified atom stereocenters. The van der Waals surface area contributed by atoms with Gasteiger partial charge in [0.25, 0.3) is 0 Å². The van der Waals surface area contributed by atoms with E-state index in [4.69, 9.17) is 0 Å². The Labute approximate surface area is 125 Å². The summed E-state index contributed by atoms with van der Waals surface area (Å²) in [7, 11) is 1.67. The molecule has 0 atom stereocenters. The number of aromatic nitrogens is 2. The first-order chi connectivity index (χ1) is 10.5. The molecule has 0 fully saturated rings. The van der Waals surface area contributed by atoms with E-state index in [0.717, 1.165) is 5.52 Å². The Hall–Kier alpha value is -2.89. The number of aryl methyl sites for hydroxylation is 1. The summed E-state index contributed by atoms with van der Waals surface area (Å²) in [4.78, 5) is 26.2. The molecule has 112 valence electrons. The number of nitrogens with zero attached hydrogens (tertiary/aromatic N) is 1. The fourth-order valence-corrected chi connectivity index (χ4v) is 2.35. The molecular formula is C16H14FN3O2. The van der Waals surface area contributed by atoms with Gasteiger partial charge in [-0.05, 0) is 35.9 Å². The van der Waals surface area contributed by atoms with E-state index in [1.54, 1.807) is 37.4 Å². The highest BCUT2D eigenvalue weighted by atomic mass is 19.1. The molecule has 0 saturated carbocycles. The minimum absolute atomic E-state index is 0.0844. The molecule has 2 aromatic carbocycles. The zero-order valence-corrected chi connectivity index (χ0v) is 11.9. The number of carbonyl (C=O) groups excluding carboxylic acids is 1. The van der Waals surface area contributed by atoms with E-state index >= 15 is 0 Å². The van der Waals surface area contributed by atoms with Gasteiger partial charge in [0, 0.05) is 12.7 Å². The van der Waals surface area contributed by atoms with Crippen LogP contribution in [0.4, 0.5) is 10.1 Å². The Bertz CT molecular complexity index is 911. The summed E-state index contributed by atoms with van der Waals surface area (Å²) in [6.45, 7) is 0. The first-order valence-corrected chi connectivity index (χ1v) is 6.76. The Morgan fingerprint density at radius 3 is 2.86 bits per heavy atom. The molecule has 0 aliphatic carbocycles. The molecule has 0 bridgehead atoms. The number of hydrogen-bond donors (Lipinski definition) is 2. The van der Waals surface area contributed by atoms with Gasteiger partial charge in [0.2, 0.25) is 5.91 Å². The van der Waals surface area contributed by atoms with Crippen LogP contribution in [0.25, 0.3) is 11.0 Å². The van der Waals surface area contributed by atoms with E-state index in [1.165, 1.54) is 16.7 Å². The number of benzene rings is 2. The van der Waals surface area contributed by atoms with Gasteiger partial charge in [0.05, 0.1) is 17.5 Å². The third-order valence-electron chi connectivity index (χ3n) is 3.44. The quantitative estimate of drug-likeness (QED) is 0.778. The number of amides is 1. The van der Waals surface area contributed by atoms with Gasteiger partial charge in [-0.1, -0.05) is 12.1 Å². The number of fused-ring (bicyclic) bond motifs is 1. The fraction of sp³-hybridized carbons (Fsp3) is 0.125. The highest BCUT2D eigenvalue weighted by Gasteiger charge is 2.07. The summed E-state index contributed by atoms with van der Waals surface area (Å²) >= 11 is 0. The number of nitrogens with one attached hydrogen (secondary N) is 2. The molecule has 1 aromatic heterocycles. The Kier molecular flexibility index (Phi) is 3.50. The molecule has 1 heterocycles. The molecule has 0 spiro atoms. The second-order valence-corrected chi connectivity index (χ2v) is 5.08. The normalized spacial score (nSPS) is 10.8. The zero-order chi connectivity index (χ0) is 15.7. The zero-order valence-electron chi connectivity index (χ0n) is 11.9. The van der Waals surface area contributed by atoms with Crippen molar-refractivity contribution in [3.05, 3.63) is 64.3 Å². The molecule has 2 N–H and O–H groups in total. The largest absolute Gasteiger partial charge is 0.326 e. The highest BCUT2D eigenvalue weighted by Crippen LogP contribution is 2.16. The van der Waals surface area contributed by atoms with E-state index in [1.807, 2.05) is 0 Å². The smallest absolute Gasteiger partial charge is 0.326 e. The van der Waals surface area contributed by atoms with Crippen LogP contribution in [0.2, 0.25) is 0 Å². The van der Waals surface area contributed by atoms with Crippen molar-refractivity contribution in [2.75, 3.05) is 5.32 Å². The Balaban J connectivity index is 1.78. The van der Waals surface area contributed by atoms with Crippen molar-refractivity contribution in [3.8, 4) is 0 Å². The second kappa shape index (κ2) is 5.48. The third-order valence-corrected chi connectivity index (χ3v) is 3.44. The number of hydrogen-bond acceptors (Lipinski definition) is 2. The van der Waals surface area contributed by atoms with E-state index in [0.29, 0.717) is 16.8 Å². The average molecular weight is 299 g/mol. The number of halogens is 1. The van der Waals surface area contributed by atoms with Crippen molar-refractivity contribution in [2.24, 2.45) is 7.05 Å². The van der Waals surface area contributed by atoms with E-state index in [-0.39, 0.29) is 23.8 Å². The Morgan fingerprint density at radius 2 is 2.09 bits per heavy atom. The lowest BCUT2D eigenvalue weighted by Crippen LogP contribution is -2.14. The standard InChI is InChI=1S/C16H14FN3O2/c1-20-14-6-5-12(9-13(14)19-16(20)22)18-15(21)8-10-3-2-4-11(17)7-10/h2-7,9H,8H2,1H3,(H,18,21)(H,19,22). The van der Waals surface area contributed by atoms with Gasteiger partial charge in [-0.3, -0.25) is 9.36 Å². The molecule has 1 amide bonds. The highest BCUT2D eigenvalue weighted by molar-refractivity contribution is 5.94. The molecular weight excluding hydrogens is 285 g/mol. The minimum Gasteiger partial charge on any atom is -0.326 e. The van der Waals surface area contributed by atoms with Gasteiger partial charge >= 0.3 is 5.69 Å². The molecule has 0 aliphatic heterocycles. The van der Waals surface area contributed by atoms with Crippen LogP contribution >= 0.6 is 0 Å². The molecule has 0 saturated heterocycles. The van der Waals surface area contributed by atoms with Crippen molar-refractivity contribution in [1.29, 1.82) is 0 Å². The summed E-state index contributed by atoms with van der Waals surface area (Å²) in [5.41, 5.74) is 2.38. The summed E-state index contributed by atoms with van der Waals surface area (Å²) in [6.07, 6.45) is 0.0844. The van der Waals surface area contributed by atoms with Crippen LogP contribution in [0.1, 0.15) is 5.56 Å². The number of anilines is 1. The maximum Gasteiger partial charge on any atom is 0.326 e. The van der Waals surface area contributed by atoms with Gasteiger partial charge in [-0.2, -0.15) is 0 Å². The van der Waals surface area contributed by atoms with Crippen molar-refractivity contribution < 1.29 is 9.18 Å². The minimum atomic E-state index is -0.367. The molecule has 0 radical (unpaired) electrons. The van der Waals surface area contributed by atoms with Crippen molar-refractivity contribution in [1.82, 2.24) is 9.55 Å². The lowest BCUT2D eigenvalue weighted by Gasteiger charge is -2.06. The van der Waals surface area contributed by atoms with Crippen LogP contribution in [-0.4, -0.2) is 15.5 Å². The maximum absolute atomic E-state index is 13.1. The number of aromatic amines is 1. The predicted octanol–water partition coefficient (Wildman–Crippen LogP) is 2.19. The number of rotatable bonds is 3. The van der Waals surface area contributed by atoms with Crippen LogP contribution in [0.3, 0.4) is 0 Å². The van der Waals surface area contributed by atoms with Crippen molar-refractivity contribution >= 4 is 22.6 Å². The first kappa shape index (κ1) is 14.1.